The lowest BCUT2D eigenvalue weighted by Crippen LogP contribution is -2.42. The van der Waals surface area contributed by atoms with Gasteiger partial charge in [0, 0.05) is 25.3 Å². The third kappa shape index (κ3) is 4.09. The van der Waals surface area contributed by atoms with E-state index in [4.69, 9.17) is 0 Å². The van der Waals surface area contributed by atoms with E-state index in [9.17, 15) is 8.42 Å². The van der Waals surface area contributed by atoms with Gasteiger partial charge in [0.25, 0.3) is 0 Å². The Bertz CT molecular complexity index is 1330. The standard InChI is InChI=1S/C23H24N6O2S/c1-16-2-9-23(24-15-16)25-19-10-12-29(13-11-19)32(30,31)20-6-3-17(4-7-20)18-5-8-21-22(14-18)27-28-26-21/h2-9,14-15,19H,10-13H2,1H3,(H,24,25)(H,26,27,28). The van der Waals surface area contributed by atoms with Gasteiger partial charge in [-0.1, -0.05) is 24.3 Å². The molecule has 4 aromatic rings. The Balaban J connectivity index is 1.26. The molecule has 0 atom stereocenters. The molecule has 1 aliphatic heterocycles. The van der Waals surface area contributed by atoms with Crippen LogP contribution in [0.4, 0.5) is 5.82 Å². The van der Waals surface area contributed by atoms with E-state index in [0.717, 1.165) is 46.4 Å². The van der Waals surface area contributed by atoms with Gasteiger partial charge in [-0.25, -0.2) is 13.4 Å². The van der Waals surface area contributed by atoms with Crippen molar-refractivity contribution in [3.05, 3.63) is 66.4 Å². The third-order valence-corrected chi connectivity index (χ3v) is 7.77. The fraction of sp³-hybridized carbons (Fsp3) is 0.261. The number of piperidine rings is 1. The summed E-state index contributed by atoms with van der Waals surface area (Å²) in [7, 11) is -3.53. The van der Waals surface area contributed by atoms with Gasteiger partial charge in [-0.3, -0.25) is 0 Å². The smallest absolute Gasteiger partial charge is 0.243 e. The minimum atomic E-state index is -3.53. The molecule has 0 unspecified atom stereocenters. The van der Waals surface area contributed by atoms with Gasteiger partial charge >= 0.3 is 0 Å². The van der Waals surface area contributed by atoms with E-state index < -0.39 is 10.0 Å². The summed E-state index contributed by atoms with van der Waals surface area (Å²) >= 11 is 0. The molecule has 5 rings (SSSR count). The third-order valence-electron chi connectivity index (χ3n) is 5.86. The van der Waals surface area contributed by atoms with Crippen LogP contribution >= 0.6 is 0 Å². The van der Waals surface area contributed by atoms with Gasteiger partial charge in [0.15, 0.2) is 0 Å². The Hall–Kier alpha value is -3.30. The Morgan fingerprint density at radius 1 is 0.938 bits per heavy atom. The van der Waals surface area contributed by atoms with E-state index >= 15 is 0 Å². The van der Waals surface area contributed by atoms with Gasteiger partial charge in [-0.15, -0.1) is 0 Å². The summed E-state index contributed by atoms with van der Waals surface area (Å²) in [6, 6.07) is 17.0. The van der Waals surface area contributed by atoms with Crippen LogP contribution in [-0.2, 0) is 10.0 Å². The Morgan fingerprint density at radius 3 is 2.38 bits per heavy atom. The van der Waals surface area contributed by atoms with Gasteiger partial charge in [0.05, 0.1) is 4.90 Å². The number of anilines is 1. The molecule has 8 nitrogen and oxygen atoms in total. The number of nitrogens with one attached hydrogen (secondary N) is 2. The second-order valence-electron chi connectivity index (χ2n) is 8.09. The molecule has 3 heterocycles. The molecule has 0 radical (unpaired) electrons. The molecule has 0 saturated carbocycles. The number of fused-ring (bicyclic) bond motifs is 1. The zero-order valence-electron chi connectivity index (χ0n) is 17.7. The lowest BCUT2D eigenvalue weighted by Gasteiger charge is -2.32. The monoisotopic (exact) mass is 448 g/mol. The number of benzene rings is 2. The number of aromatic nitrogens is 4. The van der Waals surface area contributed by atoms with E-state index in [-0.39, 0.29) is 6.04 Å². The molecule has 0 amide bonds. The maximum absolute atomic E-state index is 13.1. The van der Waals surface area contributed by atoms with Crippen molar-refractivity contribution < 1.29 is 8.42 Å². The van der Waals surface area contributed by atoms with Crippen molar-refractivity contribution in [3.8, 4) is 11.1 Å². The predicted octanol–water partition coefficient (Wildman–Crippen LogP) is 3.59. The second kappa shape index (κ2) is 8.33. The first kappa shape index (κ1) is 20.6. The summed E-state index contributed by atoms with van der Waals surface area (Å²) in [5.41, 5.74) is 4.58. The molecular weight excluding hydrogens is 424 g/mol. The van der Waals surface area contributed by atoms with Crippen molar-refractivity contribution in [1.29, 1.82) is 0 Å². The summed E-state index contributed by atoms with van der Waals surface area (Å²) in [6.45, 7) is 2.97. The molecule has 1 aliphatic rings. The first-order chi connectivity index (χ1) is 15.5. The van der Waals surface area contributed by atoms with Gasteiger partial charge in [0.2, 0.25) is 10.0 Å². The topological polar surface area (TPSA) is 104 Å². The minimum Gasteiger partial charge on any atom is -0.367 e. The molecule has 2 aromatic heterocycles. The average molecular weight is 449 g/mol. The quantitative estimate of drug-likeness (QED) is 0.484. The van der Waals surface area contributed by atoms with Gasteiger partial charge in [-0.2, -0.15) is 19.7 Å². The summed E-state index contributed by atoms with van der Waals surface area (Å²) in [5.74, 6) is 0.830. The van der Waals surface area contributed by atoms with E-state index in [1.807, 2.05) is 55.6 Å². The SMILES string of the molecule is Cc1ccc(NC2CCN(S(=O)(=O)c3ccc(-c4ccc5n[nH]nc5c4)cc3)CC2)nc1. The molecule has 9 heteroatoms. The summed E-state index contributed by atoms with van der Waals surface area (Å²) in [5, 5.41) is 14.2. The fourth-order valence-electron chi connectivity index (χ4n) is 3.99. The maximum Gasteiger partial charge on any atom is 0.243 e. The molecule has 2 aromatic carbocycles. The number of sulfonamides is 1. The highest BCUT2D eigenvalue weighted by Crippen LogP contribution is 2.27. The van der Waals surface area contributed by atoms with Crippen LogP contribution in [0.1, 0.15) is 18.4 Å². The Labute approximate surface area is 186 Å². The lowest BCUT2D eigenvalue weighted by molar-refractivity contribution is 0.329. The normalized spacial score (nSPS) is 15.8. The number of pyridine rings is 1. The van der Waals surface area contributed by atoms with Gasteiger partial charge < -0.3 is 5.32 Å². The van der Waals surface area contributed by atoms with Crippen LogP contribution in [0.15, 0.2) is 65.7 Å². The van der Waals surface area contributed by atoms with Crippen molar-refractivity contribution >= 4 is 26.9 Å². The van der Waals surface area contributed by atoms with E-state index in [1.54, 1.807) is 16.4 Å². The highest BCUT2D eigenvalue weighted by molar-refractivity contribution is 7.89. The number of nitrogens with zero attached hydrogens (tertiary/aromatic N) is 4. The molecular formula is C23H24N6O2S. The Kier molecular flexibility index (Phi) is 5.36. The van der Waals surface area contributed by atoms with Crippen LogP contribution in [0.5, 0.6) is 0 Å². The molecule has 1 saturated heterocycles. The number of hydrogen-bond donors (Lipinski definition) is 2. The van der Waals surface area contributed by atoms with Crippen LogP contribution in [-0.4, -0.2) is 52.2 Å². The van der Waals surface area contributed by atoms with E-state index in [1.165, 1.54) is 0 Å². The highest BCUT2D eigenvalue weighted by atomic mass is 32.2. The first-order valence-corrected chi connectivity index (χ1v) is 12.0. The van der Waals surface area contributed by atoms with Crippen LogP contribution in [0.25, 0.3) is 22.2 Å². The largest absolute Gasteiger partial charge is 0.367 e. The number of aryl methyl sites for hydroxylation is 1. The number of aromatic amines is 1. The zero-order valence-corrected chi connectivity index (χ0v) is 18.5. The molecule has 0 aliphatic carbocycles. The van der Waals surface area contributed by atoms with E-state index in [2.05, 4.69) is 25.7 Å². The van der Waals surface area contributed by atoms with Crippen molar-refractivity contribution in [2.45, 2.75) is 30.7 Å². The Morgan fingerprint density at radius 2 is 1.66 bits per heavy atom. The van der Waals surface area contributed by atoms with Crippen LogP contribution < -0.4 is 5.32 Å². The van der Waals surface area contributed by atoms with Crippen molar-refractivity contribution in [2.75, 3.05) is 18.4 Å². The molecule has 1 fully saturated rings. The molecule has 2 N–H and O–H groups in total. The second-order valence-corrected chi connectivity index (χ2v) is 10.0. The predicted molar refractivity (Wildman–Crippen MR) is 124 cm³/mol. The summed E-state index contributed by atoms with van der Waals surface area (Å²) in [6.07, 6.45) is 3.31. The summed E-state index contributed by atoms with van der Waals surface area (Å²) < 4.78 is 27.9. The molecule has 164 valence electrons. The average Bonchev–Trinajstić information content (AvgIpc) is 3.29. The van der Waals surface area contributed by atoms with Crippen molar-refractivity contribution in [1.82, 2.24) is 24.7 Å². The molecule has 0 spiro atoms. The molecule has 32 heavy (non-hydrogen) atoms. The number of hydrogen-bond acceptors (Lipinski definition) is 6. The minimum absolute atomic E-state index is 0.213. The summed E-state index contributed by atoms with van der Waals surface area (Å²) in [4.78, 5) is 4.70. The van der Waals surface area contributed by atoms with E-state index in [0.29, 0.717) is 18.0 Å². The van der Waals surface area contributed by atoms with Crippen LogP contribution in [0.2, 0.25) is 0 Å². The molecule has 0 bridgehead atoms. The van der Waals surface area contributed by atoms with Gasteiger partial charge in [0.1, 0.15) is 16.9 Å². The maximum atomic E-state index is 13.1. The van der Waals surface area contributed by atoms with Crippen LogP contribution in [0, 0.1) is 6.92 Å². The van der Waals surface area contributed by atoms with Crippen LogP contribution in [0.3, 0.4) is 0 Å². The fourth-order valence-corrected chi connectivity index (χ4v) is 5.46. The zero-order chi connectivity index (χ0) is 22.1. The van der Waals surface area contributed by atoms with Crippen molar-refractivity contribution in [2.24, 2.45) is 0 Å². The first-order valence-electron chi connectivity index (χ1n) is 10.6. The van der Waals surface area contributed by atoms with Gasteiger partial charge in [-0.05, 0) is 66.8 Å². The van der Waals surface area contributed by atoms with Crippen molar-refractivity contribution in [3.63, 3.8) is 0 Å². The lowest BCUT2D eigenvalue weighted by atomic mass is 10.1. The number of rotatable bonds is 5. The highest BCUT2D eigenvalue weighted by Gasteiger charge is 2.29. The number of H-pyrrole nitrogens is 1.